The Labute approximate surface area is 89.3 Å². The van der Waals surface area contributed by atoms with Crippen molar-refractivity contribution in [1.29, 1.82) is 0 Å². The normalized spacial score (nSPS) is 20.7. The fraction of sp³-hybridized carbons (Fsp3) is 0.545. The van der Waals surface area contributed by atoms with E-state index in [9.17, 15) is 4.79 Å². The lowest BCUT2D eigenvalue weighted by atomic mass is 10.1. The van der Waals surface area contributed by atoms with Crippen molar-refractivity contribution in [2.45, 2.75) is 32.7 Å². The molecule has 1 fully saturated rings. The molecule has 4 heteroatoms. The van der Waals surface area contributed by atoms with Gasteiger partial charge in [0.1, 0.15) is 5.82 Å². The molecule has 1 aromatic rings. The fourth-order valence-corrected chi connectivity index (χ4v) is 2.11. The predicted molar refractivity (Wildman–Crippen MR) is 56.1 cm³/mol. The van der Waals surface area contributed by atoms with Gasteiger partial charge < -0.3 is 4.90 Å². The minimum Gasteiger partial charge on any atom is -0.334 e. The Hall–Kier alpha value is -1.45. The van der Waals surface area contributed by atoms with E-state index < -0.39 is 0 Å². The molecule has 1 aliphatic rings. The molecule has 0 bridgehead atoms. The third-order valence-corrected chi connectivity index (χ3v) is 2.80. The van der Waals surface area contributed by atoms with Crippen LogP contribution >= 0.6 is 0 Å². The quantitative estimate of drug-likeness (QED) is 0.697. The summed E-state index contributed by atoms with van der Waals surface area (Å²) >= 11 is 0. The summed E-state index contributed by atoms with van der Waals surface area (Å²) < 4.78 is 0. The lowest BCUT2D eigenvalue weighted by Crippen LogP contribution is -2.28. The van der Waals surface area contributed by atoms with Crippen molar-refractivity contribution in [3.05, 3.63) is 23.8 Å². The molecule has 1 atom stereocenters. The van der Waals surface area contributed by atoms with Gasteiger partial charge in [-0.3, -0.25) is 4.79 Å². The van der Waals surface area contributed by atoms with Crippen molar-refractivity contribution in [2.75, 3.05) is 6.54 Å². The zero-order valence-electron chi connectivity index (χ0n) is 9.10. The highest BCUT2D eigenvalue weighted by Crippen LogP contribution is 2.30. The summed E-state index contributed by atoms with van der Waals surface area (Å²) in [5.74, 6) is 0.900. The van der Waals surface area contributed by atoms with E-state index in [1.54, 1.807) is 13.1 Å². The Morgan fingerprint density at radius 3 is 3.07 bits per heavy atom. The molecular weight excluding hydrogens is 190 g/mol. The van der Waals surface area contributed by atoms with Gasteiger partial charge in [-0.25, -0.2) is 9.97 Å². The van der Waals surface area contributed by atoms with Crippen LogP contribution in [0, 0.1) is 6.92 Å². The van der Waals surface area contributed by atoms with Gasteiger partial charge in [-0.05, 0) is 25.8 Å². The average Bonchev–Trinajstić information content (AvgIpc) is 2.65. The highest BCUT2D eigenvalue weighted by atomic mass is 16.2. The molecular formula is C11H15N3O. The lowest BCUT2D eigenvalue weighted by molar-refractivity contribution is -0.129. The van der Waals surface area contributed by atoms with E-state index in [1.807, 2.05) is 17.9 Å². The number of likely N-dealkylation sites (tertiary alicyclic amines) is 1. The van der Waals surface area contributed by atoms with Crippen molar-refractivity contribution < 1.29 is 4.79 Å². The third kappa shape index (κ3) is 1.98. The van der Waals surface area contributed by atoms with Crippen LogP contribution in [-0.4, -0.2) is 27.3 Å². The van der Waals surface area contributed by atoms with Gasteiger partial charge in [0.25, 0.3) is 0 Å². The van der Waals surface area contributed by atoms with Crippen molar-refractivity contribution in [2.24, 2.45) is 0 Å². The number of hydrogen-bond acceptors (Lipinski definition) is 3. The molecule has 2 rings (SSSR count). The summed E-state index contributed by atoms with van der Waals surface area (Å²) in [6.07, 6.45) is 3.83. The average molecular weight is 205 g/mol. The van der Waals surface area contributed by atoms with E-state index in [2.05, 4.69) is 9.97 Å². The van der Waals surface area contributed by atoms with Crippen LogP contribution in [-0.2, 0) is 4.79 Å². The second-order valence-electron chi connectivity index (χ2n) is 3.90. The maximum atomic E-state index is 11.4. The summed E-state index contributed by atoms with van der Waals surface area (Å²) in [5.41, 5.74) is 0.968. The molecule has 4 nitrogen and oxygen atoms in total. The maximum absolute atomic E-state index is 11.4. The number of rotatable bonds is 1. The van der Waals surface area contributed by atoms with Crippen LogP contribution in [0.2, 0.25) is 0 Å². The number of amides is 1. The predicted octanol–water partition coefficient (Wildman–Crippen LogP) is 1.47. The molecule has 0 spiro atoms. The first-order valence-electron chi connectivity index (χ1n) is 5.25. The topological polar surface area (TPSA) is 46.1 Å². The summed E-state index contributed by atoms with van der Waals surface area (Å²) in [6.45, 7) is 4.34. The van der Waals surface area contributed by atoms with E-state index in [4.69, 9.17) is 0 Å². The van der Waals surface area contributed by atoms with E-state index in [0.29, 0.717) is 0 Å². The summed E-state index contributed by atoms with van der Waals surface area (Å²) in [4.78, 5) is 21.7. The lowest BCUT2D eigenvalue weighted by Gasteiger charge is -2.22. The molecule has 15 heavy (non-hydrogen) atoms. The largest absolute Gasteiger partial charge is 0.334 e. The summed E-state index contributed by atoms with van der Waals surface area (Å²) in [7, 11) is 0. The smallest absolute Gasteiger partial charge is 0.220 e. The number of nitrogens with zero attached hydrogens (tertiary/aromatic N) is 3. The molecule has 1 saturated heterocycles. The van der Waals surface area contributed by atoms with Gasteiger partial charge in [0, 0.05) is 19.7 Å². The second-order valence-corrected chi connectivity index (χ2v) is 3.90. The standard InChI is InChI=1S/C11H15N3O/c1-8-12-6-5-10(13-8)11-4-3-7-14(11)9(2)15/h5-6,11H,3-4,7H2,1-2H3/t11-/m0/s1. The number of carbonyl (C=O) groups is 1. The minimum atomic E-state index is 0.133. The molecule has 0 unspecified atom stereocenters. The monoisotopic (exact) mass is 205 g/mol. The van der Waals surface area contributed by atoms with E-state index >= 15 is 0 Å². The van der Waals surface area contributed by atoms with Crippen molar-refractivity contribution in [3.63, 3.8) is 0 Å². The third-order valence-electron chi connectivity index (χ3n) is 2.80. The van der Waals surface area contributed by atoms with Crippen LogP contribution in [0.5, 0.6) is 0 Å². The SMILES string of the molecule is CC(=O)N1CCC[C@H]1c1ccnc(C)n1. The molecule has 1 amide bonds. The zero-order valence-corrected chi connectivity index (χ0v) is 9.10. The van der Waals surface area contributed by atoms with Gasteiger partial charge in [0.2, 0.25) is 5.91 Å². The number of hydrogen-bond donors (Lipinski definition) is 0. The molecule has 0 aromatic carbocycles. The molecule has 0 radical (unpaired) electrons. The van der Waals surface area contributed by atoms with Gasteiger partial charge in [0.15, 0.2) is 0 Å². The highest BCUT2D eigenvalue weighted by Gasteiger charge is 2.28. The minimum absolute atomic E-state index is 0.133. The Balaban J connectivity index is 2.26. The Kier molecular flexibility index (Phi) is 2.66. The molecule has 0 N–H and O–H groups in total. The summed E-state index contributed by atoms with van der Waals surface area (Å²) in [5, 5.41) is 0. The summed E-state index contributed by atoms with van der Waals surface area (Å²) in [6, 6.07) is 2.06. The van der Waals surface area contributed by atoms with Crippen LogP contribution < -0.4 is 0 Å². The number of aryl methyl sites for hydroxylation is 1. The molecule has 1 aromatic heterocycles. The van der Waals surface area contributed by atoms with Gasteiger partial charge in [-0.1, -0.05) is 0 Å². The van der Waals surface area contributed by atoms with Gasteiger partial charge in [0.05, 0.1) is 11.7 Å². The van der Waals surface area contributed by atoms with Crippen LogP contribution in [0.1, 0.15) is 37.3 Å². The van der Waals surface area contributed by atoms with E-state index in [-0.39, 0.29) is 11.9 Å². The first-order valence-corrected chi connectivity index (χ1v) is 5.25. The molecule has 2 heterocycles. The van der Waals surface area contributed by atoms with Gasteiger partial charge >= 0.3 is 0 Å². The maximum Gasteiger partial charge on any atom is 0.220 e. The molecule has 0 saturated carbocycles. The first-order chi connectivity index (χ1) is 7.18. The van der Waals surface area contributed by atoms with E-state index in [1.165, 1.54) is 0 Å². The number of aromatic nitrogens is 2. The van der Waals surface area contributed by atoms with Crippen LogP contribution in [0.25, 0.3) is 0 Å². The number of carbonyl (C=O) groups excluding carboxylic acids is 1. The Morgan fingerprint density at radius 2 is 2.40 bits per heavy atom. The van der Waals surface area contributed by atoms with Crippen LogP contribution in [0.3, 0.4) is 0 Å². The van der Waals surface area contributed by atoms with Crippen LogP contribution in [0.15, 0.2) is 12.3 Å². The first kappa shape index (κ1) is 10.1. The van der Waals surface area contributed by atoms with Crippen molar-refractivity contribution >= 4 is 5.91 Å². The van der Waals surface area contributed by atoms with Gasteiger partial charge in [-0.2, -0.15) is 0 Å². The van der Waals surface area contributed by atoms with Crippen LogP contribution in [0.4, 0.5) is 0 Å². The van der Waals surface area contributed by atoms with Gasteiger partial charge in [-0.15, -0.1) is 0 Å². The Morgan fingerprint density at radius 1 is 1.60 bits per heavy atom. The highest BCUT2D eigenvalue weighted by molar-refractivity contribution is 5.74. The second kappa shape index (κ2) is 3.96. The molecule has 0 aliphatic carbocycles. The molecule has 80 valence electrons. The Bertz CT molecular complexity index is 378. The van der Waals surface area contributed by atoms with Crippen molar-refractivity contribution in [3.8, 4) is 0 Å². The van der Waals surface area contributed by atoms with E-state index in [0.717, 1.165) is 30.9 Å². The van der Waals surface area contributed by atoms with Crippen molar-refractivity contribution in [1.82, 2.24) is 14.9 Å². The zero-order chi connectivity index (χ0) is 10.8. The fourth-order valence-electron chi connectivity index (χ4n) is 2.11. The molecule has 1 aliphatic heterocycles.